The SMILES string of the molecule is CCNC(=NCc1ccc(N2CC(C)OC(C)C2)nc1)NCC(C)(O)c1ccccc1.I. The van der Waals surface area contributed by atoms with Gasteiger partial charge < -0.3 is 25.4 Å². The smallest absolute Gasteiger partial charge is 0.191 e. The topological polar surface area (TPSA) is 82.0 Å². The highest BCUT2D eigenvalue weighted by atomic mass is 127. The summed E-state index contributed by atoms with van der Waals surface area (Å²) in [7, 11) is 0. The van der Waals surface area contributed by atoms with Crippen LogP contribution >= 0.6 is 24.0 Å². The molecule has 1 saturated heterocycles. The zero-order chi connectivity index (χ0) is 22.3. The summed E-state index contributed by atoms with van der Waals surface area (Å²) in [6.07, 6.45) is 2.29. The number of guanidine groups is 1. The van der Waals surface area contributed by atoms with Gasteiger partial charge in [0.2, 0.25) is 0 Å². The van der Waals surface area contributed by atoms with Gasteiger partial charge in [0.25, 0.3) is 0 Å². The number of pyridine rings is 1. The van der Waals surface area contributed by atoms with Crippen LogP contribution in [0.15, 0.2) is 53.7 Å². The van der Waals surface area contributed by atoms with E-state index < -0.39 is 5.60 Å². The van der Waals surface area contributed by atoms with E-state index >= 15 is 0 Å². The van der Waals surface area contributed by atoms with Crippen LogP contribution in [0.5, 0.6) is 0 Å². The molecule has 0 spiro atoms. The maximum absolute atomic E-state index is 10.8. The summed E-state index contributed by atoms with van der Waals surface area (Å²) in [6.45, 7) is 11.3. The molecule has 1 fully saturated rings. The average molecular weight is 553 g/mol. The molecule has 8 heteroatoms. The largest absolute Gasteiger partial charge is 0.384 e. The summed E-state index contributed by atoms with van der Waals surface area (Å²) in [5.41, 5.74) is 0.905. The van der Waals surface area contributed by atoms with Crippen molar-refractivity contribution in [2.75, 3.05) is 31.1 Å². The molecule has 0 radical (unpaired) electrons. The second-order valence-electron chi connectivity index (χ2n) is 8.38. The Labute approximate surface area is 208 Å². The minimum absolute atomic E-state index is 0. The molecule has 1 aliphatic rings. The number of aromatic nitrogens is 1. The monoisotopic (exact) mass is 553 g/mol. The Morgan fingerprint density at radius 1 is 1.16 bits per heavy atom. The zero-order valence-corrected chi connectivity index (χ0v) is 21.7. The number of aliphatic imine (C=N–C) groups is 1. The second-order valence-corrected chi connectivity index (χ2v) is 8.38. The molecule has 3 unspecified atom stereocenters. The van der Waals surface area contributed by atoms with Crippen LogP contribution in [0.1, 0.15) is 38.8 Å². The third-order valence-electron chi connectivity index (χ3n) is 5.31. The van der Waals surface area contributed by atoms with E-state index in [4.69, 9.17) is 4.74 Å². The van der Waals surface area contributed by atoms with E-state index in [2.05, 4.69) is 51.5 Å². The van der Waals surface area contributed by atoms with Gasteiger partial charge >= 0.3 is 0 Å². The first kappa shape index (κ1) is 26.3. The lowest BCUT2D eigenvalue weighted by atomic mass is 9.96. The van der Waals surface area contributed by atoms with Crippen LogP contribution in [0.3, 0.4) is 0 Å². The molecule has 176 valence electrons. The average Bonchev–Trinajstić information content (AvgIpc) is 2.76. The minimum atomic E-state index is -0.993. The van der Waals surface area contributed by atoms with Crippen LogP contribution < -0.4 is 15.5 Å². The lowest BCUT2D eigenvalue weighted by Gasteiger charge is -2.36. The number of hydrogen-bond acceptors (Lipinski definition) is 5. The van der Waals surface area contributed by atoms with Crippen molar-refractivity contribution in [3.05, 3.63) is 59.8 Å². The van der Waals surface area contributed by atoms with E-state index in [1.165, 1.54) is 0 Å². The van der Waals surface area contributed by atoms with Crippen LogP contribution in [0.25, 0.3) is 0 Å². The molecule has 2 aromatic rings. The number of halogens is 1. The molecule has 3 N–H and O–H groups in total. The third kappa shape index (κ3) is 7.60. The number of morpholine rings is 1. The number of ether oxygens (including phenoxy) is 1. The molecule has 3 rings (SSSR count). The van der Waals surface area contributed by atoms with E-state index in [9.17, 15) is 5.11 Å². The Hall–Kier alpha value is -1.91. The molecule has 7 nitrogen and oxygen atoms in total. The molecular weight excluding hydrogens is 517 g/mol. The molecule has 0 saturated carbocycles. The van der Waals surface area contributed by atoms with Crippen molar-refractivity contribution in [1.82, 2.24) is 15.6 Å². The van der Waals surface area contributed by atoms with E-state index in [1.807, 2.05) is 43.5 Å². The molecule has 1 aliphatic heterocycles. The first-order chi connectivity index (χ1) is 14.9. The molecule has 1 aromatic carbocycles. The van der Waals surface area contributed by atoms with Crippen molar-refractivity contribution in [3.63, 3.8) is 0 Å². The molecule has 3 atom stereocenters. The molecule has 0 aliphatic carbocycles. The highest BCUT2D eigenvalue weighted by molar-refractivity contribution is 14.0. The highest BCUT2D eigenvalue weighted by Crippen LogP contribution is 2.20. The molecule has 0 amide bonds. The normalized spacial score (nSPS) is 20.8. The van der Waals surface area contributed by atoms with E-state index in [-0.39, 0.29) is 36.2 Å². The van der Waals surface area contributed by atoms with Gasteiger partial charge in [-0.25, -0.2) is 9.98 Å². The highest BCUT2D eigenvalue weighted by Gasteiger charge is 2.24. The summed E-state index contributed by atoms with van der Waals surface area (Å²) in [5, 5.41) is 17.3. The van der Waals surface area contributed by atoms with Gasteiger partial charge in [-0.15, -0.1) is 24.0 Å². The number of rotatable bonds is 7. The fraction of sp³-hybridized carbons (Fsp3) is 0.500. The van der Waals surface area contributed by atoms with Gasteiger partial charge in [-0.2, -0.15) is 0 Å². The van der Waals surface area contributed by atoms with Crippen molar-refractivity contribution in [2.24, 2.45) is 4.99 Å². The van der Waals surface area contributed by atoms with Crippen molar-refractivity contribution in [3.8, 4) is 0 Å². The standard InChI is InChI=1S/C24H35N5O2.HI/c1-5-25-23(28-17-24(4,30)21-9-7-6-8-10-21)27-14-20-11-12-22(26-13-20)29-15-18(2)31-19(3)16-29;/h6-13,18-19,30H,5,14-17H2,1-4H3,(H2,25,27,28);1H. The number of benzene rings is 1. The van der Waals surface area contributed by atoms with Gasteiger partial charge in [0.05, 0.1) is 25.3 Å². The Kier molecular flexibility index (Phi) is 10.2. The number of anilines is 1. The Morgan fingerprint density at radius 2 is 1.84 bits per heavy atom. The van der Waals surface area contributed by atoms with Crippen LogP contribution in [0.2, 0.25) is 0 Å². The third-order valence-corrected chi connectivity index (χ3v) is 5.31. The number of nitrogens with zero attached hydrogens (tertiary/aromatic N) is 3. The molecular formula is C24H36IN5O2. The van der Waals surface area contributed by atoms with Crippen LogP contribution in [0, 0.1) is 0 Å². The van der Waals surface area contributed by atoms with Gasteiger partial charge in [0.1, 0.15) is 11.4 Å². The Balaban J connectivity index is 0.00000363. The molecule has 0 bridgehead atoms. The first-order valence-corrected chi connectivity index (χ1v) is 11.0. The number of hydrogen-bond donors (Lipinski definition) is 3. The maximum atomic E-state index is 10.8. The van der Waals surface area contributed by atoms with Gasteiger partial charge in [-0.1, -0.05) is 36.4 Å². The Morgan fingerprint density at radius 3 is 2.44 bits per heavy atom. The van der Waals surface area contributed by atoms with Crippen molar-refractivity contribution in [2.45, 2.75) is 52.0 Å². The van der Waals surface area contributed by atoms with Gasteiger partial charge in [-0.05, 0) is 44.9 Å². The summed E-state index contributed by atoms with van der Waals surface area (Å²) < 4.78 is 5.81. The van der Waals surface area contributed by atoms with Crippen molar-refractivity contribution < 1.29 is 9.84 Å². The van der Waals surface area contributed by atoms with E-state index in [1.54, 1.807) is 6.92 Å². The Bertz CT molecular complexity index is 835. The van der Waals surface area contributed by atoms with Crippen molar-refractivity contribution >= 4 is 35.8 Å². The fourth-order valence-corrected chi connectivity index (χ4v) is 3.73. The minimum Gasteiger partial charge on any atom is -0.384 e. The summed E-state index contributed by atoms with van der Waals surface area (Å²) in [4.78, 5) is 11.6. The lowest BCUT2D eigenvalue weighted by molar-refractivity contribution is -0.00546. The second kappa shape index (κ2) is 12.4. The van der Waals surface area contributed by atoms with Crippen molar-refractivity contribution in [1.29, 1.82) is 0 Å². The summed E-state index contributed by atoms with van der Waals surface area (Å²) in [5.74, 6) is 1.64. The van der Waals surface area contributed by atoms with E-state index in [0.717, 1.165) is 36.6 Å². The predicted molar refractivity (Wildman–Crippen MR) is 141 cm³/mol. The predicted octanol–water partition coefficient (Wildman–Crippen LogP) is 3.28. The van der Waals surface area contributed by atoms with Crippen LogP contribution in [-0.2, 0) is 16.9 Å². The van der Waals surface area contributed by atoms with Gasteiger partial charge in [0.15, 0.2) is 5.96 Å². The molecule has 2 heterocycles. The zero-order valence-electron chi connectivity index (χ0n) is 19.4. The first-order valence-electron chi connectivity index (χ1n) is 11.0. The van der Waals surface area contributed by atoms with E-state index in [0.29, 0.717) is 19.0 Å². The quantitative estimate of drug-likeness (QED) is 0.278. The van der Waals surface area contributed by atoms with Crippen LogP contribution in [-0.4, -0.2) is 54.4 Å². The fourth-order valence-electron chi connectivity index (χ4n) is 3.73. The lowest BCUT2D eigenvalue weighted by Crippen LogP contribution is -2.45. The summed E-state index contributed by atoms with van der Waals surface area (Å²) in [6, 6.07) is 13.8. The van der Waals surface area contributed by atoms with Gasteiger partial charge in [-0.3, -0.25) is 0 Å². The van der Waals surface area contributed by atoms with Crippen LogP contribution in [0.4, 0.5) is 5.82 Å². The number of aliphatic hydroxyl groups is 1. The maximum Gasteiger partial charge on any atom is 0.191 e. The molecule has 32 heavy (non-hydrogen) atoms. The van der Waals surface area contributed by atoms with Gasteiger partial charge in [0, 0.05) is 25.8 Å². The number of nitrogens with one attached hydrogen (secondary N) is 2. The molecule has 1 aromatic heterocycles. The summed E-state index contributed by atoms with van der Waals surface area (Å²) >= 11 is 0.